The molecule has 0 saturated heterocycles. The quantitative estimate of drug-likeness (QED) is 0.281. The molecule has 0 spiro atoms. The second-order valence-electron chi connectivity index (χ2n) is 3.22. The van der Waals surface area contributed by atoms with Crippen LogP contribution >= 0.6 is 0 Å². The highest BCUT2D eigenvalue weighted by Crippen LogP contribution is 2.00. The van der Waals surface area contributed by atoms with Crippen molar-refractivity contribution in [1.82, 2.24) is 0 Å². The van der Waals surface area contributed by atoms with E-state index in [2.05, 4.69) is 0 Å². The zero-order valence-electron chi connectivity index (χ0n) is 8.44. The summed E-state index contributed by atoms with van der Waals surface area (Å²) in [5.74, 6) is -2.21. The largest absolute Gasteiger partial charge is 0.544 e. The lowest BCUT2D eigenvalue weighted by Gasteiger charge is -2.19. The zero-order valence-corrected chi connectivity index (χ0v) is 8.44. The molecule has 0 unspecified atom stereocenters. The van der Waals surface area contributed by atoms with Crippen LogP contribution in [0.4, 0.5) is 0 Å². The second-order valence-corrected chi connectivity index (χ2v) is 3.22. The molecular weight excluding hydrogens is 222 g/mol. The van der Waals surface area contributed by atoms with Gasteiger partial charge in [0.25, 0.3) is 0 Å². The number of nitrogens with two attached hydrogens (primary N) is 1. The number of aliphatic hydroxyl groups is 4. The lowest BCUT2D eigenvalue weighted by Crippen LogP contribution is -2.89. The van der Waals surface area contributed by atoms with Crippen molar-refractivity contribution in [3.63, 3.8) is 0 Å². The molecule has 94 valence electrons. The van der Waals surface area contributed by atoms with Gasteiger partial charge in [-0.1, -0.05) is 0 Å². The van der Waals surface area contributed by atoms with Crippen LogP contribution in [0.1, 0.15) is 0 Å². The van der Waals surface area contributed by atoms with Crippen LogP contribution in [0, 0.1) is 0 Å². The van der Waals surface area contributed by atoms with Gasteiger partial charge in [0.15, 0.2) is 0 Å². The summed E-state index contributed by atoms with van der Waals surface area (Å²) in [5, 5.41) is 46.8. The van der Waals surface area contributed by atoms with Crippen LogP contribution in [0.5, 0.6) is 0 Å². The van der Waals surface area contributed by atoms with Crippen LogP contribution < -0.4 is 10.4 Å². The van der Waals surface area contributed by atoms with Gasteiger partial charge in [-0.3, -0.25) is 4.79 Å². The molecule has 6 N–H and O–H groups in total. The van der Waals surface area contributed by atoms with Gasteiger partial charge in [-0.05, 0) is 0 Å². The summed E-state index contributed by atoms with van der Waals surface area (Å²) >= 11 is 0. The van der Waals surface area contributed by atoms with Crippen molar-refractivity contribution in [2.45, 2.75) is 18.3 Å². The zero-order chi connectivity index (χ0) is 12.7. The fraction of sp³-hybridized carbons (Fsp3) is 0.750. The Bertz CT molecular complexity index is 245. The van der Waals surface area contributed by atoms with Crippen molar-refractivity contribution in [2.75, 3.05) is 19.7 Å². The molecular formula is C8H15NO7. The van der Waals surface area contributed by atoms with Crippen LogP contribution in [0.25, 0.3) is 0 Å². The normalized spacial score (nSPS) is 16.5. The lowest BCUT2D eigenvalue weighted by molar-refractivity contribution is -0.639. The van der Waals surface area contributed by atoms with Gasteiger partial charge in [0.1, 0.15) is 31.4 Å². The molecule has 0 amide bonds. The first kappa shape index (κ1) is 14.9. The molecule has 3 atom stereocenters. The van der Waals surface area contributed by atoms with Gasteiger partial charge in [0.2, 0.25) is 5.78 Å². The van der Waals surface area contributed by atoms with E-state index >= 15 is 0 Å². The Hall–Kier alpha value is -1.06. The van der Waals surface area contributed by atoms with Crippen molar-refractivity contribution < 1.29 is 40.4 Å². The highest BCUT2D eigenvalue weighted by atomic mass is 16.4. The van der Waals surface area contributed by atoms with Crippen LogP contribution in [0.2, 0.25) is 0 Å². The summed E-state index contributed by atoms with van der Waals surface area (Å²) in [6, 6.07) is 0. The first-order valence-corrected chi connectivity index (χ1v) is 4.59. The Balaban J connectivity index is 4.02. The molecule has 0 aliphatic carbocycles. The number of Topliss-reactive ketones (excluding diaryl/α,β-unsaturated/α-hetero) is 1. The number of ketones is 1. The second kappa shape index (κ2) is 7.25. The van der Waals surface area contributed by atoms with E-state index in [0.29, 0.717) is 0 Å². The molecule has 0 heterocycles. The Kier molecular flexibility index (Phi) is 6.77. The monoisotopic (exact) mass is 237 g/mol. The summed E-state index contributed by atoms with van der Waals surface area (Å²) in [6.07, 6.45) is -5.28. The topological polar surface area (TPSA) is 155 Å². The summed E-state index contributed by atoms with van der Waals surface area (Å²) in [6.45, 7) is -1.62. The third-order valence-corrected chi connectivity index (χ3v) is 1.89. The summed E-state index contributed by atoms with van der Waals surface area (Å²) in [5.41, 5.74) is 0. The number of rotatable bonds is 8. The van der Waals surface area contributed by atoms with Crippen LogP contribution in [0.15, 0.2) is 0 Å². The van der Waals surface area contributed by atoms with E-state index in [1.165, 1.54) is 0 Å². The minimum Gasteiger partial charge on any atom is -0.544 e. The van der Waals surface area contributed by atoms with E-state index in [9.17, 15) is 19.8 Å². The molecule has 0 rings (SSSR count). The van der Waals surface area contributed by atoms with Crippen molar-refractivity contribution in [2.24, 2.45) is 0 Å². The van der Waals surface area contributed by atoms with Crippen LogP contribution in [-0.4, -0.2) is 70.2 Å². The molecule has 8 nitrogen and oxygen atoms in total. The number of quaternary nitrogens is 1. The molecule has 0 aliphatic rings. The van der Waals surface area contributed by atoms with Crippen molar-refractivity contribution in [3.05, 3.63) is 0 Å². The molecule has 0 radical (unpaired) electrons. The standard InChI is InChI=1S/C8H15NO7/c10-3-5(12)8(16)7(15)4(11)1-9-2-6(13)14/h5,7-10,12,15-16H,1-3H2,(H,13,14)/t5-,7-,8-/m1/s1. The molecule has 0 aromatic carbocycles. The van der Waals surface area contributed by atoms with Gasteiger partial charge < -0.3 is 35.6 Å². The molecule has 0 aliphatic heterocycles. The summed E-state index contributed by atoms with van der Waals surface area (Å²) in [4.78, 5) is 21.1. The van der Waals surface area contributed by atoms with Gasteiger partial charge in [-0.25, -0.2) is 0 Å². The molecule has 0 saturated carbocycles. The summed E-state index contributed by atoms with van der Waals surface area (Å²) < 4.78 is 0. The SMILES string of the molecule is O=C([O-])C[NH2+]CC(=O)[C@@H](O)[C@H](O)[C@H](O)CO. The van der Waals surface area contributed by atoms with E-state index in [1.807, 2.05) is 0 Å². The van der Waals surface area contributed by atoms with Crippen molar-refractivity contribution in [3.8, 4) is 0 Å². The maximum Gasteiger partial charge on any atom is 0.217 e. The lowest BCUT2D eigenvalue weighted by atomic mass is 10.0. The first-order chi connectivity index (χ1) is 7.40. The minimum atomic E-state index is -1.86. The number of carbonyl (C=O) groups is 2. The number of aliphatic hydroxyl groups excluding tert-OH is 4. The average Bonchev–Trinajstić information content (AvgIpc) is 2.25. The van der Waals surface area contributed by atoms with Gasteiger partial charge in [0, 0.05) is 0 Å². The molecule has 16 heavy (non-hydrogen) atoms. The third kappa shape index (κ3) is 5.14. The van der Waals surface area contributed by atoms with Gasteiger partial charge in [0.05, 0.1) is 12.6 Å². The molecule has 8 heteroatoms. The smallest absolute Gasteiger partial charge is 0.217 e. The third-order valence-electron chi connectivity index (χ3n) is 1.89. The van der Waals surface area contributed by atoms with Crippen LogP contribution in [0.3, 0.4) is 0 Å². The average molecular weight is 237 g/mol. The van der Waals surface area contributed by atoms with Gasteiger partial charge in [-0.15, -0.1) is 0 Å². The van der Waals surface area contributed by atoms with E-state index in [1.54, 1.807) is 0 Å². The number of hydrogen-bond acceptors (Lipinski definition) is 7. The Morgan fingerprint density at radius 2 is 1.75 bits per heavy atom. The number of carboxylic acid groups (broad SMARTS) is 1. The van der Waals surface area contributed by atoms with Gasteiger partial charge >= 0.3 is 0 Å². The Labute approximate surface area is 91.1 Å². The van der Waals surface area contributed by atoms with E-state index in [-0.39, 0.29) is 6.54 Å². The van der Waals surface area contributed by atoms with E-state index in [0.717, 1.165) is 5.32 Å². The van der Waals surface area contributed by atoms with Crippen molar-refractivity contribution >= 4 is 11.8 Å². The predicted molar refractivity (Wildman–Crippen MR) is 46.8 cm³/mol. The highest BCUT2D eigenvalue weighted by molar-refractivity contribution is 5.84. The number of hydrogen-bond donors (Lipinski definition) is 5. The first-order valence-electron chi connectivity index (χ1n) is 4.59. The maximum absolute atomic E-state index is 11.1. The fourth-order valence-corrected chi connectivity index (χ4v) is 0.962. The Morgan fingerprint density at radius 1 is 1.19 bits per heavy atom. The molecule has 0 fully saturated rings. The predicted octanol–water partition coefficient (Wildman–Crippen LogP) is -6.06. The molecule has 0 aromatic heterocycles. The molecule has 0 bridgehead atoms. The summed E-state index contributed by atoms with van der Waals surface area (Å²) in [7, 11) is 0. The highest BCUT2D eigenvalue weighted by Gasteiger charge is 2.30. The van der Waals surface area contributed by atoms with E-state index in [4.69, 9.17) is 15.3 Å². The number of aliphatic carboxylic acids is 1. The fourth-order valence-electron chi connectivity index (χ4n) is 0.962. The number of carboxylic acids is 1. The Morgan fingerprint density at radius 3 is 2.19 bits per heavy atom. The number of carbonyl (C=O) groups excluding carboxylic acids is 2. The van der Waals surface area contributed by atoms with E-state index < -0.39 is 43.2 Å². The maximum atomic E-state index is 11.1. The van der Waals surface area contributed by atoms with Crippen LogP contribution in [-0.2, 0) is 9.59 Å². The van der Waals surface area contributed by atoms with Crippen molar-refractivity contribution in [1.29, 1.82) is 0 Å². The molecule has 0 aromatic rings. The van der Waals surface area contributed by atoms with Gasteiger partial charge in [-0.2, -0.15) is 0 Å². The minimum absolute atomic E-state index is 0.371.